The molecule has 1 amide bonds. The fraction of sp³-hybridized carbons (Fsp3) is 0.438. The smallest absolute Gasteiger partial charge is 0.251 e. The van der Waals surface area contributed by atoms with Crippen LogP contribution in [0.25, 0.3) is 0 Å². The first-order valence-electron chi connectivity index (χ1n) is 6.74. The normalized spacial score (nSPS) is 21.1. The van der Waals surface area contributed by atoms with Gasteiger partial charge in [0.15, 0.2) is 0 Å². The highest BCUT2D eigenvalue weighted by Crippen LogP contribution is 2.19. The Morgan fingerprint density at radius 1 is 1.55 bits per heavy atom. The maximum atomic E-state index is 12.3. The molecule has 1 aliphatic rings. The van der Waals surface area contributed by atoms with Gasteiger partial charge in [-0.05, 0) is 44.0 Å². The van der Waals surface area contributed by atoms with Gasteiger partial charge in [0.1, 0.15) is 0 Å². The first-order chi connectivity index (χ1) is 9.54. The Morgan fingerprint density at radius 2 is 2.35 bits per heavy atom. The molecular formula is C16H20N2O2. The molecule has 0 spiro atoms. The quantitative estimate of drug-likeness (QED) is 0.796. The molecule has 0 saturated carbocycles. The van der Waals surface area contributed by atoms with Crippen molar-refractivity contribution in [3.05, 3.63) is 34.9 Å². The molecule has 1 aromatic carbocycles. The fourth-order valence-corrected chi connectivity index (χ4v) is 2.20. The number of amides is 1. The summed E-state index contributed by atoms with van der Waals surface area (Å²) in [6, 6.07) is 5.51. The molecule has 0 aliphatic carbocycles. The Hall–Kier alpha value is -1.83. The van der Waals surface area contributed by atoms with E-state index in [0.29, 0.717) is 25.3 Å². The molecule has 1 fully saturated rings. The summed E-state index contributed by atoms with van der Waals surface area (Å²) in [7, 11) is 0. The zero-order chi connectivity index (χ0) is 14.6. The van der Waals surface area contributed by atoms with E-state index in [1.54, 1.807) is 6.07 Å². The van der Waals surface area contributed by atoms with Crippen LogP contribution in [-0.2, 0) is 4.74 Å². The predicted molar refractivity (Wildman–Crippen MR) is 78.4 cm³/mol. The number of hydrogen-bond acceptors (Lipinski definition) is 3. The van der Waals surface area contributed by atoms with E-state index in [-0.39, 0.29) is 11.4 Å². The third-order valence-corrected chi connectivity index (χ3v) is 3.45. The molecule has 1 aromatic rings. The van der Waals surface area contributed by atoms with Crippen molar-refractivity contribution in [3.8, 4) is 11.8 Å². The first kappa shape index (κ1) is 14.6. The molecule has 4 heteroatoms. The van der Waals surface area contributed by atoms with E-state index in [0.717, 1.165) is 17.5 Å². The molecule has 20 heavy (non-hydrogen) atoms. The van der Waals surface area contributed by atoms with Crippen LogP contribution in [0.5, 0.6) is 0 Å². The van der Waals surface area contributed by atoms with E-state index in [4.69, 9.17) is 10.5 Å². The molecule has 0 bridgehead atoms. The average molecular weight is 272 g/mol. The molecule has 1 unspecified atom stereocenters. The van der Waals surface area contributed by atoms with Crippen molar-refractivity contribution < 1.29 is 9.53 Å². The van der Waals surface area contributed by atoms with Crippen molar-refractivity contribution in [1.29, 1.82) is 0 Å². The van der Waals surface area contributed by atoms with Crippen LogP contribution in [0, 0.1) is 18.8 Å². The van der Waals surface area contributed by atoms with Gasteiger partial charge in [0.25, 0.3) is 5.91 Å². The summed E-state index contributed by atoms with van der Waals surface area (Å²) in [6.07, 6.45) is 0.845. The standard InChI is InChI=1S/C16H20N2O2/c1-12-10-14(6-5-13(12)4-3-8-17)15(19)18-16(2)7-9-20-11-16/h5-6,10H,7-9,11,17H2,1-2H3,(H,18,19). The highest BCUT2D eigenvalue weighted by atomic mass is 16.5. The van der Waals surface area contributed by atoms with E-state index in [1.807, 2.05) is 26.0 Å². The zero-order valence-corrected chi connectivity index (χ0v) is 12.0. The van der Waals surface area contributed by atoms with Gasteiger partial charge in [-0.3, -0.25) is 4.79 Å². The summed E-state index contributed by atoms with van der Waals surface area (Å²) in [5, 5.41) is 3.04. The number of nitrogens with two attached hydrogens (primary N) is 1. The molecule has 4 nitrogen and oxygen atoms in total. The summed E-state index contributed by atoms with van der Waals surface area (Å²) in [5.74, 6) is 5.74. The van der Waals surface area contributed by atoms with Gasteiger partial charge in [0, 0.05) is 17.7 Å². The maximum absolute atomic E-state index is 12.3. The number of carbonyl (C=O) groups excluding carboxylic acids is 1. The van der Waals surface area contributed by atoms with Gasteiger partial charge in [-0.2, -0.15) is 0 Å². The Morgan fingerprint density at radius 3 is 2.95 bits per heavy atom. The van der Waals surface area contributed by atoms with E-state index in [9.17, 15) is 4.79 Å². The number of aryl methyl sites for hydroxylation is 1. The third kappa shape index (κ3) is 3.38. The zero-order valence-electron chi connectivity index (χ0n) is 12.0. The summed E-state index contributed by atoms with van der Waals surface area (Å²) in [5.41, 5.74) is 7.63. The van der Waals surface area contributed by atoms with Gasteiger partial charge >= 0.3 is 0 Å². The van der Waals surface area contributed by atoms with E-state index in [1.165, 1.54) is 0 Å². The molecule has 0 aromatic heterocycles. The van der Waals surface area contributed by atoms with Crippen molar-refractivity contribution in [3.63, 3.8) is 0 Å². The van der Waals surface area contributed by atoms with E-state index in [2.05, 4.69) is 17.2 Å². The fourth-order valence-electron chi connectivity index (χ4n) is 2.20. The molecule has 1 aliphatic heterocycles. The van der Waals surface area contributed by atoms with Crippen LogP contribution >= 0.6 is 0 Å². The lowest BCUT2D eigenvalue weighted by atomic mass is 10.00. The second kappa shape index (κ2) is 6.08. The Labute approximate surface area is 119 Å². The SMILES string of the molecule is Cc1cc(C(=O)NC2(C)CCOC2)ccc1C#CCN. The highest BCUT2D eigenvalue weighted by Gasteiger charge is 2.31. The molecule has 106 valence electrons. The molecule has 0 radical (unpaired) electrons. The predicted octanol–water partition coefficient (Wildman–Crippen LogP) is 1.21. The number of carbonyl (C=O) groups is 1. The molecule has 1 atom stereocenters. The van der Waals surface area contributed by atoms with Crippen LogP contribution in [-0.4, -0.2) is 31.2 Å². The van der Waals surface area contributed by atoms with Gasteiger partial charge in [-0.1, -0.05) is 11.8 Å². The van der Waals surface area contributed by atoms with E-state index < -0.39 is 0 Å². The number of ether oxygens (including phenoxy) is 1. The Kier molecular flexibility index (Phi) is 4.43. The third-order valence-electron chi connectivity index (χ3n) is 3.45. The lowest BCUT2D eigenvalue weighted by molar-refractivity contribution is 0.0890. The van der Waals surface area contributed by atoms with Crippen LogP contribution in [0.4, 0.5) is 0 Å². The van der Waals surface area contributed by atoms with Crippen molar-refractivity contribution >= 4 is 5.91 Å². The largest absolute Gasteiger partial charge is 0.379 e. The summed E-state index contributed by atoms with van der Waals surface area (Å²) in [6.45, 7) is 5.55. The Balaban J connectivity index is 2.13. The highest BCUT2D eigenvalue weighted by molar-refractivity contribution is 5.95. The molecular weight excluding hydrogens is 252 g/mol. The summed E-state index contributed by atoms with van der Waals surface area (Å²) >= 11 is 0. The Bertz CT molecular complexity index is 564. The van der Waals surface area contributed by atoms with Gasteiger partial charge in [-0.25, -0.2) is 0 Å². The first-order valence-corrected chi connectivity index (χ1v) is 6.74. The van der Waals surface area contributed by atoms with Crippen LogP contribution in [0.2, 0.25) is 0 Å². The minimum atomic E-state index is -0.261. The minimum Gasteiger partial charge on any atom is -0.379 e. The summed E-state index contributed by atoms with van der Waals surface area (Å²) in [4.78, 5) is 12.3. The van der Waals surface area contributed by atoms with Crippen LogP contribution < -0.4 is 11.1 Å². The van der Waals surface area contributed by atoms with Crippen molar-refractivity contribution in [1.82, 2.24) is 5.32 Å². The van der Waals surface area contributed by atoms with Crippen molar-refractivity contribution in [2.45, 2.75) is 25.8 Å². The van der Waals surface area contributed by atoms with Crippen molar-refractivity contribution in [2.24, 2.45) is 5.73 Å². The lowest BCUT2D eigenvalue weighted by Crippen LogP contribution is -2.46. The van der Waals surface area contributed by atoms with Crippen LogP contribution in [0.15, 0.2) is 18.2 Å². The van der Waals surface area contributed by atoms with Gasteiger partial charge < -0.3 is 15.8 Å². The molecule has 1 saturated heterocycles. The molecule has 3 N–H and O–H groups in total. The van der Waals surface area contributed by atoms with Crippen molar-refractivity contribution in [2.75, 3.05) is 19.8 Å². The van der Waals surface area contributed by atoms with Crippen LogP contribution in [0.3, 0.4) is 0 Å². The second-order valence-electron chi connectivity index (χ2n) is 5.35. The number of rotatable bonds is 2. The van der Waals surface area contributed by atoms with Crippen LogP contribution in [0.1, 0.15) is 34.8 Å². The molecule has 1 heterocycles. The number of hydrogen-bond donors (Lipinski definition) is 2. The van der Waals surface area contributed by atoms with Gasteiger partial charge in [0.05, 0.1) is 18.7 Å². The van der Waals surface area contributed by atoms with Gasteiger partial charge in [0.2, 0.25) is 0 Å². The topological polar surface area (TPSA) is 64.3 Å². The number of nitrogens with one attached hydrogen (secondary N) is 1. The minimum absolute atomic E-state index is 0.0700. The van der Waals surface area contributed by atoms with Gasteiger partial charge in [-0.15, -0.1) is 0 Å². The lowest BCUT2D eigenvalue weighted by Gasteiger charge is -2.23. The average Bonchev–Trinajstić information content (AvgIpc) is 2.83. The molecule has 2 rings (SSSR count). The monoisotopic (exact) mass is 272 g/mol. The maximum Gasteiger partial charge on any atom is 0.251 e. The number of benzene rings is 1. The van der Waals surface area contributed by atoms with E-state index >= 15 is 0 Å². The summed E-state index contributed by atoms with van der Waals surface area (Å²) < 4.78 is 5.34. The second-order valence-corrected chi connectivity index (χ2v) is 5.35.